The molecule has 1 heterocycles. The minimum absolute atomic E-state index is 0.00282. The number of hydrogen-bond donors (Lipinski definition) is 2. The molecule has 3 aromatic rings. The van der Waals surface area contributed by atoms with E-state index in [0.717, 1.165) is 47.5 Å². The number of alkyl carbamates (subject to hydrolysis) is 1. The molecule has 1 fully saturated rings. The summed E-state index contributed by atoms with van der Waals surface area (Å²) in [5.41, 5.74) is 2.64. The predicted molar refractivity (Wildman–Crippen MR) is 181 cm³/mol. The Kier molecular flexibility index (Phi) is 14.1. The Bertz CT molecular complexity index is 1340. The maximum Gasteiger partial charge on any atom is 0.407 e. The minimum atomic E-state index is -0.627. The van der Waals surface area contributed by atoms with Crippen LogP contribution in [0.5, 0.6) is 11.5 Å². The van der Waals surface area contributed by atoms with Crippen LogP contribution in [0.15, 0.2) is 91.0 Å². The SMILES string of the molecule is COc1ccc(C(NC(=O)C[C@@H](C=C[C@H](COC2CCCCO2)C(C)C)NC(=O)OCc2ccccc2)c2ccc(OC)cc2)cc1. The lowest BCUT2D eigenvalue weighted by Gasteiger charge is -2.26. The van der Waals surface area contributed by atoms with Crippen LogP contribution in [-0.4, -0.2) is 51.8 Å². The molecule has 1 aliphatic heterocycles. The van der Waals surface area contributed by atoms with Crippen LogP contribution in [0.25, 0.3) is 0 Å². The van der Waals surface area contributed by atoms with Gasteiger partial charge in [0.05, 0.1) is 39.3 Å². The third-order valence-electron chi connectivity index (χ3n) is 8.18. The molecule has 47 heavy (non-hydrogen) atoms. The molecule has 0 radical (unpaired) electrons. The Labute approximate surface area is 278 Å². The molecular weight excluding hydrogens is 596 g/mol. The van der Waals surface area contributed by atoms with Gasteiger partial charge >= 0.3 is 6.09 Å². The van der Waals surface area contributed by atoms with E-state index in [2.05, 4.69) is 24.5 Å². The lowest BCUT2D eigenvalue weighted by Crippen LogP contribution is -2.39. The number of rotatable bonds is 16. The maximum atomic E-state index is 13.7. The van der Waals surface area contributed by atoms with Crippen molar-refractivity contribution in [3.63, 3.8) is 0 Å². The van der Waals surface area contributed by atoms with Gasteiger partial charge in [0.2, 0.25) is 5.91 Å². The highest BCUT2D eigenvalue weighted by molar-refractivity contribution is 5.79. The van der Waals surface area contributed by atoms with E-state index in [1.54, 1.807) is 14.2 Å². The highest BCUT2D eigenvalue weighted by atomic mass is 16.7. The number of amides is 2. The van der Waals surface area contributed by atoms with Crippen LogP contribution < -0.4 is 20.1 Å². The molecule has 9 nitrogen and oxygen atoms in total. The lowest BCUT2D eigenvalue weighted by molar-refractivity contribution is -0.168. The zero-order valence-electron chi connectivity index (χ0n) is 27.9. The second-order valence-electron chi connectivity index (χ2n) is 12.0. The van der Waals surface area contributed by atoms with Crippen LogP contribution in [0.1, 0.15) is 62.3 Å². The van der Waals surface area contributed by atoms with Crippen LogP contribution in [0.4, 0.5) is 4.79 Å². The van der Waals surface area contributed by atoms with Crippen molar-refractivity contribution >= 4 is 12.0 Å². The zero-order chi connectivity index (χ0) is 33.4. The van der Waals surface area contributed by atoms with Crippen molar-refractivity contribution in [2.45, 2.75) is 64.5 Å². The van der Waals surface area contributed by atoms with E-state index >= 15 is 0 Å². The minimum Gasteiger partial charge on any atom is -0.497 e. The van der Waals surface area contributed by atoms with Gasteiger partial charge in [-0.1, -0.05) is 80.6 Å². The summed E-state index contributed by atoms with van der Waals surface area (Å²) in [6.07, 6.45) is 6.12. The van der Waals surface area contributed by atoms with E-state index < -0.39 is 18.2 Å². The summed E-state index contributed by atoms with van der Waals surface area (Å²) in [4.78, 5) is 26.6. The summed E-state index contributed by atoms with van der Waals surface area (Å²) in [6, 6.07) is 23.5. The fourth-order valence-corrected chi connectivity index (χ4v) is 5.26. The van der Waals surface area contributed by atoms with Gasteiger partial charge in [-0.2, -0.15) is 0 Å². The first-order chi connectivity index (χ1) is 22.8. The Morgan fingerprint density at radius 2 is 1.49 bits per heavy atom. The van der Waals surface area contributed by atoms with Crippen molar-refractivity contribution in [1.29, 1.82) is 0 Å². The van der Waals surface area contributed by atoms with Crippen LogP contribution in [-0.2, 0) is 25.6 Å². The third kappa shape index (κ3) is 11.8. The van der Waals surface area contributed by atoms with Gasteiger partial charge in [0.25, 0.3) is 0 Å². The number of carbonyl (C=O) groups is 2. The van der Waals surface area contributed by atoms with Gasteiger partial charge in [-0.25, -0.2) is 4.79 Å². The number of methoxy groups -OCH3 is 2. The van der Waals surface area contributed by atoms with Crippen molar-refractivity contribution in [2.24, 2.45) is 11.8 Å². The molecule has 0 bridgehead atoms. The van der Waals surface area contributed by atoms with Crippen LogP contribution >= 0.6 is 0 Å². The molecule has 3 aromatic carbocycles. The highest BCUT2D eigenvalue weighted by Gasteiger charge is 2.22. The third-order valence-corrected chi connectivity index (χ3v) is 8.18. The Morgan fingerprint density at radius 1 is 0.851 bits per heavy atom. The number of carbonyl (C=O) groups excluding carboxylic acids is 2. The molecule has 0 aromatic heterocycles. The molecular formula is C38H48N2O7. The molecule has 0 aliphatic carbocycles. The van der Waals surface area contributed by atoms with Crippen molar-refractivity contribution in [1.82, 2.24) is 10.6 Å². The second kappa shape index (κ2) is 18.7. The molecule has 1 unspecified atom stereocenters. The first kappa shape index (κ1) is 35.5. The van der Waals surface area contributed by atoms with Crippen molar-refractivity contribution in [3.05, 3.63) is 108 Å². The van der Waals surface area contributed by atoms with Crippen LogP contribution in [0.2, 0.25) is 0 Å². The Hall–Kier alpha value is -4.34. The summed E-state index contributed by atoms with van der Waals surface area (Å²) < 4.78 is 28.0. The van der Waals surface area contributed by atoms with Gasteiger partial charge in [0, 0.05) is 12.5 Å². The normalized spacial score (nSPS) is 16.1. The predicted octanol–water partition coefficient (Wildman–Crippen LogP) is 6.97. The molecule has 2 amide bonds. The first-order valence-electron chi connectivity index (χ1n) is 16.3. The fourth-order valence-electron chi connectivity index (χ4n) is 5.26. The quantitative estimate of drug-likeness (QED) is 0.162. The van der Waals surface area contributed by atoms with Crippen molar-refractivity contribution < 1.29 is 33.3 Å². The van der Waals surface area contributed by atoms with E-state index in [0.29, 0.717) is 13.2 Å². The highest BCUT2D eigenvalue weighted by Crippen LogP contribution is 2.26. The Balaban J connectivity index is 1.49. The molecule has 3 atom stereocenters. The summed E-state index contributed by atoms with van der Waals surface area (Å²) >= 11 is 0. The molecule has 0 spiro atoms. The van der Waals surface area contributed by atoms with Gasteiger partial charge in [-0.3, -0.25) is 4.79 Å². The van der Waals surface area contributed by atoms with Crippen LogP contribution in [0.3, 0.4) is 0 Å². The summed E-state index contributed by atoms with van der Waals surface area (Å²) in [7, 11) is 3.23. The van der Waals surface area contributed by atoms with E-state index in [1.807, 2.05) is 91.0 Å². The topological polar surface area (TPSA) is 104 Å². The number of nitrogens with one attached hydrogen (secondary N) is 2. The number of benzene rings is 3. The monoisotopic (exact) mass is 644 g/mol. The Morgan fingerprint density at radius 3 is 2.04 bits per heavy atom. The smallest absolute Gasteiger partial charge is 0.407 e. The zero-order valence-corrected chi connectivity index (χ0v) is 27.9. The summed E-state index contributed by atoms with van der Waals surface area (Å²) in [5, 5.41) is 6.07. The maximum absolute atomic E-state index is 13.7. The molecule has 4 rings (SSSR count). The van der Waals surface area contributed by atoms with Gasteiger partial charge < -0.3 is 34.3 Å². The molecule has 2 N–H and O–H groups in total. The molecule has 1 saturated heterocycles. The van der Waals surface area contributed by atoms with Crippen LogP contribution in [0, 0.1) is 11.8 Å². The van der Waals surface area contributed by atoms with Crippen molar-refractivity contribution in [2.75, 3.05) is 27.4 Å². The molecule has 252 valence electrons. The average molecular weight is 645 g/mol. The first-order valence-corrected chi connectivity index (χ1v) is 16.3. The van der Waals surface area contributed by atoms with Gasteiger partial charge in [-0.15, -0.1) is 0 Å². The molecule has 0 saturated carbocycles. The lowest BCUT2D eigenvalue weighted by atomic mass is 9.95. The average Bonchev–Trinajstić information content (AvgIpc) is 3.10. The number of ether oxygens (including phenoxy) is 5. The van der Waals surface area contributed by atoms with Gasteiger partial charge in [-0.05, 0) is 66.1 Å². The molecule has 1 aliphatic rings. The van der Waals surface area contributed by atoms with Gasteiger partial charge in [0.1, 0.15) is 18.1 Å². The van der Waals surface area contributed by atoms with E-state index in [9.17, 15) is 9.59 Å². The summed E-state index contributed by atoms with van der Waals surface area (Å²) in [5.74, 6) is 1.52. The van der Waals surface area contributed by atoms with Gasteiger partial charge in [0.15, 0.2) is 6.29 Å². The van der Waals surface area contributed by atoms with Crippen molar-refractivity contribution in [3.8, 4) is 11.5 Å². The van der Waals surface area contributed by atoms with E-state index in [4.69, 9.17) is 23.7 Å². The largest absolute Gasteiger partial charge is 0.497 e. The summed E-state index contributed by atoms with van der Waals surface area (Å²) in [6.45, 7) is 5.56. The van der Waals surface area contributed by atoms with E-state index in [1.165, 1.54) is 0 Å². The molecule has 9 heteroatoms. The standard InChI is InChI=1S/C38H48N2O7/c1-27(2)31(26-46-36-12-8-9-23-45-36)13-18-32(39-38(42)47-25-28-10-6-5-7-11-28)24-35(41)40-37(29-14-19-33(43-3)20-15-29)30-16-21-34(44-4)22-17-30/h5-7,10-11,13-22,27,31-32,36-37H,8-9,12,23-26H2,1-4H3,(H,39,42)(H,40,41)/t31-,32-,36?/m1/s1. The fraction of sp³-hybridized carbons (Fsp3) is 0.421. The second-order valence-corrected chi connectivity index (χ2v) is 12.0. The van der Waals surface area contributed by atoms with E-state index in [-0.39, 0.29) is 37.1 Å². The number of hydrogen-bond acceptors (Lipinski definition) is 7.